The minimum atomic E-state index is -1.09. The van der Waals surface area contributed by atoms with E-state index in [0.717, 1.165) is 32.0 Å². The van der Waals surface area contributed by atoms with Gasteiger partial charge in [-0.05, 0) is 56.3 Å². The number of benzene rings is 2. The maximum Gasteiger partial charge on any atom is 0.272 e. The molecule has 12 heteroatoms. The number of imidazole rings is 1. The third-order valence-corrected chi connectivity index (χ3v) is 6.31. The maximum atomic E-state index is 14.0. The molecule has 4 rings (SSSR count). The second-order valence-corrected chi connectivity index (χ2v) is 8.99. The third kappa shape index (κ3) is 6.12. The summed E-state index contributed by atoms with van der Waals surface area (Å²) in [5, 5.41) is 4.90. The van der Waals surface area contributed by atoms with Crippen molar-refractivity contribution < 1.29 is 23.2 Å². The minimum Gasteiger partial charge on any atom is -0.364 e. The highest BCUT2D eigenvalue weighted by molar-refractivity contribution is 6.34. The predicted molar refractivity (Wildman–Crippen MR) is 134 cm³/mol. The summed E-state index contributed by atoms with van der Waals surface area (Å²) >= 11 is 5.82. The molecule has 0 aliphatic carbocycles. The molecule has 1 aromatic heterocycles. The van der Waals surface area contributed by atoms with Gasteiger partial charge in [-0.15, -0.1) is 0 Å². The highest BCUT2D eigenvalue weighted by Crippen LogP contribution is 2.23. The van der Waals surface area contributed by atoms with Crippen molar-refractivity contribution in [3.8, 4) is 5.69 Å². The van der Waals surface area contributed by atoms with E-state index >= 15 is 0 Å². The number of nitrogens with two attached hydrogens (primary N) is 1. The normalized spacial score (nSPS) is 13.8. The van der Waals surface area contributed by atoms with Crippen LogP contribution in [0.2, 0.25) is 5.02 Å². The van der Waals surface area contributed by atoms with Crippen LogP contribution in [0.4, 0.5) is 14.5 Å². The van der Waals surface area contributed by atoms with E-state index in [1.165, 1.54) is 29.4 Å². The van der Waals surface area contributed by atoms with E-state index in [4.69, 9.17) is 17.3 Å². The number of primary amides is 1. The smallest absolute Gasteiger partial charge is 0.272 e. The van der Waals surface area contributed by atoms with Gasteiger partial charge >= 0.3 is 0 Å². The van der Waals surface area contributed by atoms with Crippen LogP contribution in [0.1, 0.15) is 50.6 Å². The van der Waals surface area contributed by atoms with Crippen LogP contribution in [0.5, 0.6) is 0 Å². The Hall–Kier alpha value is -3.83. The molecule has 0 bridgehead atoms. The van der Waals surface area contributed by atoms with Gasteiger partial charge in [-0.2, -0.15) is 0 Å². The topological polar surface area (TPSA) is 122 Å². The Morgan fingerprint density at radius 2 is 1.73 bits per heavy atom. The molecule has 1 aliphatic rings. The van der Waals surface area contributed by atoms with Gasteiger partial charge in [0.1, 0.15) is 23.7 Å². The zero-order valence-electron chi connectivity index (χ0n) is 19.8. The van der Waals surface area contributed by atoms with Crippen molar-refractivity contribution in [1.82, 2.24) is 19.8 Å². The molecule has 9 nitrogen and oxygen atoms in total. The number of halogens is 3. The average Bonchev–Trinajstić information content (AvgIpc) is 3.30. The van der Waals surface area contributed by atoms with Crippen LogP contribution in [0, 0.1) is 11.6 Å². The van der Waals surface area contributed by atoms with Crippen molar-refractivity contribution >= 4 is 35.0 Å². The van der Waals surface area contributed by atoms with Crippen molar-refractivity contribution in [2.75, 3.05) is 31.5 Å². The van der Waals surface area contributed by atoms with Gasteiger partial charge in [0.15, 0.2) is 5.69 Å². The van der Waals surface area contributed by atoms with Crippen molar-refractivity contribution in [3.63, 3.8) is 0 Å². The third-order valence-electron chi connectivity index (χ3n) is 6.02. The number of nitrogens with one attached hydrogen (secondary N) is 2. The number of carbonyl (C=O) groups is 3. The predicted octanol–water partition coefficient (Wildman–Crippen LogP) is 3.37. The summed E-state index contributed by atoms with van der Waals surface area (Å²) in [6.45, 7) is 3.12. The molecule has 2 heterocycles. The number of aromatic nitrogens is 2. The average molecular weight is 531 g/mol. The first-order valence-corrected chi connectivity index (χ1v) is 12.1. The summed E-state index contributed by atoms with van der Waals surface area (Å²) in [7, 11) is 0. The lowest BCUT2D eigenvalue weighted by Gasteiger charge is -2.26. The van der Waals surface area contributed by atoms with E-state index in [1.54, 1.807) is 12.1 Å². The fourth-order valence-electron chi connectivity index (χ4n) is 4.20. The summed E-state index contributed by atoms with van der Waals surface area (Å²) in [5.41, 5.74) is 5.61. The lowest BCUT2D eigenvalue weighted by molar-refractivity contribution is 0.0924. The van der Waals surface area contributed by atoms with Crippen LogP contribution in [-0.4, -0.2) is 58.4 Å². The number of likely N-dealkylation sites (tertiary alicyclic amines) is 1. The zero-order valence-corrected chi connectivity index (χ0v) is 20.5. The second-order valence-electron chi connectivity index (χ2n) is 8.58. The summed E-state index contributed by atoms with van der Waals surface area (Å²) in [6, 6.07) is 7.48. The van der Waals surface area contributed by atoms with Crippen molar-refractivity contribution in [3.05, 3.63) is 76.3 Å². The van der Waals surface area contributed by atoms with Crippen molar-refractivity contribution in [1.29, 1.82) is 0 Å². The molecule has 194 valence electrons. The molecule has 4 N–H and O–H groups in total. The number of carbonyl (C=O) groups excluding carboxylic acids is 3. The number of anilines is 1. The highest BCUT2D eigenvalue weighted by atomic mass is 35.5. The minimum absolute atomic E-state index is 0.0903. The standard InChI is InChI=1S/C25H25ClF2N6O3/c26-18-12-15(27)13-19(28)20(18)24(36)32-16-4-6-17(7-5-16)34-14-31-21(22(34)23(29)35)25(37)30-8-11-33-9-2-1-3-10-33/h4-7,12-14H,1-3,8-11H2,(H2,29,35)(H,30,37)(H,32,36). The Labute approximate surface area is 216 Å². The van der Waals surface area contributed by atoms with Crippen LogP contribution >= 0.6 is 11.6 Å². The van der Waals surface area contributed by atoms with E-state index in [9.17, 15) is 23.2 Å². The lowest BCUT2D eigenvalue weighted by atomic mass is 10.1. The quantitative estimate of drug-likeness (QED) is 0.412. The van der Waals surface area contributed by atoms with Crippen LogP contribution < -0.4 is 16.4 Å². The first-order valence-electron chi connectivity index (χ1n) is 11.7. The number of hydrogen-bond donors (Lipinski definition) is 3. The molecule has 1 saturated heterocycles. The molecular formula is C25H25ClF2N6O3. The van der Waals surface area contributed by atoms with Crippen LogP contribution in [0.25, 0.3) is 5.69 Å². The van der Waals surface area contributed by atoms with Gasteiger partial charge in [0.25, 0.3) is 17.7 Å². The number of nitrogens with zero attached hydrogens (tertiary/aromatic N) is 3. The van der Waals surface area contributed by atoms with Gasteiger partial charge in [-0.1, -0.05) is 18.0 Å². The summed E-state index contributed by atoms with van der Waals surface area (Å²) in [5.74, 6) is -4.20. The molecule has 1 aliphatic heterocycles. The van der Waals surface area contributed by atoms with Crippen LogP contribution in [0.3, 0.4) is 0 Å². The zero-order chi connectivity index (χ0) is 26.5. The maximum absolute atomic E-state index is 14.0. The van der Waals surface area contributed by atoms with Crippen LogP contribution in [0.15, 0.2) is 42.7 Å². The summed E-state index contributed by atoms with van der Waals surface area (Å²) < 4.78 is 28.7. The van der Waals surface area contributed by atoms with E-state index < -0.39 is 34.9 Å². The molecular weight excluding hydrogens is 506 g/mol. The Morgan fingerprint density at radius 3 is 2.38 bits per heavy atom. The Kier molecular flexibility index (Phi) is 8.14. The highest BCUT2D eigenvalue weighted by Gasteiger charge is 2.23. The molecule has 0 saturated carbocycles. The summed E-state index contributed by atoms with van der Waals surface area (Å²) in [6.07, 6.45) is 4.81. The molecule has 37 heavy (non-hydrogen) atoms. The van der Waals surface area contributed by atoms with Gasteiger partial charge in [-0.25, -0.2) is 13.8 Å². The Balaban J connectivity index is 1.46. The first kappa shape index (κ1) is 26.2. The molecule has 3 aromatic rings. The van der Waals surface area contributed by atoms with Gasteiger partial charge in [-0.3, -0.25) is 19.0 Å². The van der Waals surface area contributed by atoms with Crippen molar-refractivity contribution in [2.45, 2.75) is 19.3 Å². The number of hydrogen-bond acceptors (Lipinski definition) is 5. The monoisotopic (exact) mass is 530 g/mol. The molecule has 2 aromatic carbocycles. The Bertz CT molecular complexity index is 1300. The Morgan fingerprint density at radius 1 is 1.03 bits per heavy atom. The molecule has 0 radical (unpaired) electrons. The molecule has 0 atom stereocenters. The van der Waals surface area contributed by atoms with Gasteiger partial charge in [0.05, 0.1) is 10.6 Å². The van der Waals surface area contributed by atoms with Crippen LogP contribution in [-0.2, 0) is 0 Å². The molecule has 0 unspecified atom stereocenters. The van der Waals surface area contributed by atoms with Gasteiger partial charge < -0.3 is 21.3 Å². The number of rotatable bonds is 8. The first-order chi connectivity index (χ1) is 17.7. The molecule has 1 fully saturated rings. The van der Waals surface area contributed by atoms with Gasteiger partial charge in [0.2, 0.25) is 0 Å². The second kappa shape index (κ2) is 11.5. The van der Waals surface area contributed by atoms with E-state index in [-0.39, 0.29) is 22.1 Å². The molecule has 3 amide bonds. The number of piperidine rings is 1. The summed E-state index contributed by atoms with van der Waals surface area (Å²) in [4.78, 5) is 43.7. The van der Waals surface area contributed by atoms with Crippen molar-refractivity contribution in [2.24, 2.45) is 5.73 Å². The fourth-order valence-corrected chi connectivity index (χ4v) is 4.48. The molecule has 0 spiro atoms. The van der Waals surface area contributed by atoms with E-state index in [0.29, 0.717) is 24.8 Å². The number of amides is 3. The van der Waals surface area contributed by atoms with E-state index in [1.807, 2.05) is 0 Å². The largest absolute Gasteiger partial charge is 0.364 e. The fraction of sp³-hybridized carbons (Fsp3) is 0.280. The lowest BCUT2D eigenvalue weighted by Crippen LogP contribution is -2.38. The SMILES string of the molecule is NC(=O)c1c(C(=O)NCCN2CCCCC2)ncn1-c1ccc(NC(=O)c2c(F)cc(F)cc2Cl)cc1. The van der Waals surface area contributed by atoms with Gasteiger partial charge in [0, 0.05) is 30.5 Å². The van der Waals surface area contributed by atoms with E-state index in [2.05, 4.69) is 20.5 Å².